The van der Waals surface area contributed by atoms with Gasteiger partial charge in [-0.1, -0.05) is 0 Å². The number of ether oxygens (including phenoxy) is 1. The average Bonchev–Trinajstić information content (AvgIpc) is 2.96. The first-order valence-electron chi connectivity index (χ1n) is 11.4. The predicted molar refractivity (Wildman–Crippen MR) is 126 cm³/mol. The lowest BCUT2D eigenvalue weighted by atomic mass is 10.0. The van der Waals surface area contributed by atoms with Crippen molar-refractivity contribution in [3.8, 4) is 0 Å². The Hall–Kier alpha value is -3.40. The molecule has 10 heteroatoms. The van der Waals surface area contributed by atoms with Crippen LogP contribution in [0.5, 0.6) is 0 Å². The van der Waals surface area contributed by atoms with Crippen molar-refractivity contribution >= 4 is 22.5 Å². The van der Waals surface area contributed by atoms with Crippen LogP contribution in [0.25, 0.3) is 10.9 Å². The number of H-pyrrole nitrogens is 1. The van der Waals surface area contributed by atoms with Gasteiger partial charge in [0, 0.05) is 30.9 Å². The lowest BCUT2D eigenvalue weighted by Gasteiger charge is -2.22. The number of hydrogen-bond acceptors (Lipinski definition) is 5. The van der Waals surface area contributed by atoms with Gasteiger partial charge in [-0.2, -0.15) is 13.2 Å². The second-order valence-corrected chi connectivity index (χ2v) is 8.90. The van der Waals surface area contributed by atoms with Gasteiger partial charge in [-0.3, -0.25) is 9.59 Å². The molecule has 1 aliphatic heterocycles. The highest BCUT2D eigenvalue weighted by molar-refractivity contribution is 5.94. The summed E-state index contributed by atoms with van der Waals surface area (Å²) in [6, 6.07) is 8.72. The Bertz CT molecular complexity index is 1290. The van der Waals surface area contributed by atoms with Crippen LogP contribution in [0.2, 0.25) is 0 Å². The van der Waals surface area contributed by atoms with Gasteiger partial charge in [0.1, 0.15) is 5.82 Å². The van der Waals surface area contributed by atoms with E-state index in [4.69, 9.17) is 4.74 Å². The largest absolute Gasteiger partial charge is 0.416 e. The van der Waals surface area contributed by atoms with Crippen LogP contribution in [-0.2, 0) is 17.5 Å². The third-order valence-corrected chi connectivity index (χ3v) is 6.00. The number of benzene rings is 2. The van der Waals surface area contributed by atoms with E-state index in [9.17, 15) is 22.8 Å². The fourth-order valence-electron chi connectivity index (χ4n) is 4.30. The number of aryl methyl sites for hydroxylation is 1. The zero-order valence-electron chi connectivity index (χ0n) is 19.7. The van der Waals surface area contributed by atoms with E-state index in [0.717, 1.165) is 12.5 Å². The summed E-state index contributed by atoms with van der Waals surface area (Å²) in [4.78, 5) is 33.5. The van der Waals surface area contributed by atoms with Gasteiger partial charge < -0.3 is 19.9 Å². The van der Waals surface area contributed by atoms with Crippen molar-refractivity contribution in [3.05, 3.63) is 69.3 Å². The van der Waals surface area contributed by atoms with Gasteiger partial charge in [0.15, 0.2) is 0 Å². The van der Waals surface area contributed by atoms with Crippen molar-refractivity contribution in [3.63, 3.8) is 0 Å². The molecule has 4 rings (SSSR count). The third kappa shape index (κ3) is 5.64. The van der Waals surface area contributed by atoms with Gasteiger partial charge in [0.25, 0.3) is 11.5 Å². The minimum Gasteiger partial charge on any atom is -0.381 e. The monoisotopic (exact) mass is 488 g/mol. The molecular weight excluding hydrogens is 461 g/mol. The summed E-state index contributed by atoms with van der Waals surface area (Å²) in [5.41, 5.74) is -0.387. The quantitative estimate of drug-likeness (QED) is 0.565. The second-order valence-electron chi connectivity index (χ2n) is 8.90. The van der Waals surface area contributed by atoms with Crippen molar-refractivity contribution < 1.29 is 22.7 Å². The molecule has 2 N–H and O–H groups in total. The number of carbonyl (C=O) groups excluding carboxylic acids is 1. The molecule has 7 nitrogen and oxygen atoms in total. The van der Waals surface area contributed by atoms with E-state index < -0.39 is 17.3 Å². The topological polar surface area (TPSA) is 87.3 Å². The summed E-state index contributed by atoms with van der Waals surface area (Å²) in [6.07, 6.45) is -3.83. The van der Waals surface area contributed by atoms with Crippen LogP contribution in [0.1, 0.15) is 47.6 Å². The van der Waals surface area contributed by atoms with Crippen LogP contribution in [0, 0.1) is 6.92 Å². The summed E-state index contributed by atoms with van der Waals surface area (Å²) in [7, 11) is 0. The summed E-state index contributed by atoms with van der Waals surface area (Å²) >= 11 is 0. The van der Waals surface area contributed by atoms with Gasteiger partial charge >= 0.3 is 6.18 Å². The number of fused-ring (bicyclic) bond motifs is 1. The number of alkyl halides is 3. The minimum absolute atomic E-state index is 0.00665. The summed E-state index contributed by atoms with van der Waals surface area (Å²) in [6.45, 7) is 6.36. The molecule has 0 bridgehead atoms. The van der Waals surface area contributed by atoms with E-state index in [2.05, 4.69) is 15.3 Å². The predicted octanol–water partition coefficient (Wildman–Crippen LogP) is 4.50. The first-order valence-corrected chi connectivity index (χ1v) is 11.4. The molecule has 1 amide bonds. The molecular formula is C25H27F3N4O3. The van der Waals surface area contributed by atoms with Crippen LogP contribution in [0.15, 0.2) is 41.2 Å². The number of aromatic nitrogens is 2. The van der Waals surface area contributed by atoms with Crippen LogP contribution in [-0.4, -0.2) is 46.1 Å². The molecule has 1 aliphatic rings. The van der Waals surface area contributed by atoms with Crippen LogP contribution in [0.3, 0.4) is 0 Å². The van der Waals surface area contributed by atoms with E-state index in [1.54, 1.807) is 29.2 Å². The van der Waals surface area contributed by atoms with Crippen molar-refractivity contribution in [2.75, 3.05) is 18.4 Å². The summed E-state index contributed by atoms with van der Waals surface area (Å²) in [5, 5.41) is 3.05. The maximum Gasteiger partial charge on any atom is 0.416 e. The molecule has 2 heterocycles. The Kier molecular flexibility index (Phi) is 6.84. The maximum atomic E-state index is 13.7. The standard InChI is InChI=1S/C25H27F3N4O3/c1-14-8-9-32(13-15(2)35-14)24(34)17-4-6-19(7-5-17)29-12-18-10-20-22(11-21(18)25(26,27)28)30-16(3)31-23(20)33/h4-7,10-11,14-15,29H,8-9,12-13H2,1-3H3,(H,30,31,33)/t14-,15+/m1/s1. The van der Waals surface area contributed by atoms with Gasteiger partial charge in [-0.15, -0.1) is 0 Å². The van der Waals surface area contributed by atoms with Crippen molar-refractivity contribution in [1.29, 1.82) is 0 Å². The molecule has 0 radical (unpaired) electrons. The van der Waals surface area contributed by atoms with Crippen molar-refractivity contribution in [2.45, 2.75) is 52.1 Å². The molecule has 2 atom stereocenters. The third-order valence-electron chi connectivity index (χ3n) is 6.00. The van der Waals surface area contributed by atoms with E-state index >= 15 is 0 Å². The lowest BCUT2D eigenvalue weighted by Crippen LogP contribution is -2.35. The normalized spacial score (nSPS) is 19.0. The highest BCUT2D eigenvalue weighted by atomic mass is 19.4. The number of rotatable bonds is 4. The second kappa shape index (κ2) is 9.69. The fraction of sp³-hybridized carbons (Fsp3) is 0.400. The van der Waals surface area contributed by atoms with E-state index in [1.165, 1.54) is 13.0 Å². The van der Waals surface area contributed by atoms with E-state index in [1.807, 2.05) is 13.8 Å². The molecule has 1 saturated heterocycles. The highest BCUT2D eigenvalue weighted by Gasteiger charge is 2.34. The number of anilines is 1. The molecule has 3 aromatic rings. The summed E-state index contributed by atoms with van der Waals surface area (Å²) < 4.78 is 46.9. The molecule has 35 heavy (non-hydrogen) atoms. The smallest absolute Gasteiger partial charge is 0.381 e. The van der Waals surface area contributed by atoms with Crippen LogP contribution in [0.4, 0.5) is 18.9 Å². The minimum atomic E-state index is -4.61. The molecule has 0 spiro atoms. The number of amides is 1. The molecule has 1 fully saturated rings. The maximum absolute atomic E-state index is 13.7. The van der Waals surface area contributed by atoms with E-state index in [0.29, 0.717) is 24.3 Å². The number of halogens is 3. The van der Waals surface area contributed by atoms with E-state index in [-0.39, 0.29) is 47.0 Å². The molecule has 2 aromatic carbocycles. The number of carbonyl (C=O) groups is 1. The zero-order chi connectivity index (χ0) is 25.3. The van der Waals surface area contributed by atoms with Gasteiger partial charge in [-0.25, -0.2) is 4.98 Å². The van der Waals surface area contributed by atoms with Crippen molar-refractivity contribution in [2.24, 2.45) is 0 Å². The molecule has 0 aliphatic carbocycles. The Balaban J connectivity index is 1.52. The van der Waals surface area contributed by atoms with Gasteiger partial charge in [0.05, 0.1) is 28.7 Å². The van der Waals surface area contributed by atoms with Crippen LogP contribution >= 0.6 is 0 Å². The summed E-state index contributed by atoms with van der Waals surface area (Å²) in [5.74, 6) is 0.129. The molecule has 1 aromatic heterocycles. The SMILES string of the molecule is Cc1nc2cc(C(F)(F)F)c(CNc3ccc(C(=O)N4CC[C@@H](C)O[C@@H](C)C4)cc3)cc2c(=O)[nH]1. The number of nitrogens with one attached hydrogen (secondary N) is 2. The Morgan fingerprint density at radius 3 is 2.60 bits per heavy atom. The van der Waals surface area contributed by atoms with Gasteiger partial charge in [0.2, 0.25) is 0 Å². The lowest BCUT2D eigenvalue weighted by molar-refractivity contribution is -0.138. The Morgan fingerprint density at radius 1 is 1.20 bits per heavy atom. The average molecular weight is 489 g/mol. The zero-order valence-corrected chi connectivity index (χ0v) is 19.7. The van der Waals surface area contributed by atoms with Gasteiger partial charge in [-0.05, 0) is 69.2 Å². The number of aromatic amines is 1. The van der Waals surface area contributed by atoms with Crippen molar-refractivity contribution in [1.82, 2.24) is 14.9 Å². The Morgan fingerprint density at radius 2 is 1.91 bits per heavy atom. The highest BCUT2D eigenvalue weighted by Crippen LogP contribution is 2.34. The fourth-order valence-corrected chi connectivity index (χ4v) is 4.30. The molecule has 186 valence electrons. The number of nitrogens with zero attached hydrogens (tertiary/aromatic N) is 2. The molecule has 0 saturated carbocycles. The van der Waals surface area contributed by atoms with Crippen LogP contribution < -0.4 is 10.9 Å². The first kappa shape index (κ1) is 24.7. The first-order chi connectivity index (χ1) is 16.5. The Labute approximate surface area is 200 Å². The molecule has 0 unspecified atom stereocenters. The number of hydrogen-bond donors (Lipinski definition) is 2.